The summed E-state index contributed by atoms with van der Waals surface area (Å²) in [7, 11) is 0. The summed E-state index contributed by atoms with van der Waals surface area (Å²) < 4.78 is 16.0. The van der Waals surface area contributed by atoms with E-state index in [1.807, 2.05) is 49.4 Å². The number of aliphatic hydroxyl groups is 1. The van der Waals surface area contributed by atoms with Crippen LogP contribution in [0.15, 0.2) is 60.7 Å². The van der Waals surface area contributed by atoms with Crippen LogP contribution in [0.5, 0.6) is 17.2 Å². The number of hydrogen-bond acceptors (Lipinski definition) is 7. The number of aliphatic carboxylic acids is 2. The van der Waals surface area contributed by atoms with Crippen LogP contribution < -0.4 is 19.5 Å². The second-order valence-corrected chi connectivity index (χ2v) is 8.17. The molecule has 1 heterocycles. The Morgan fingerprint density at radius 3 is 2.36 bits per heavy atom. The molecule has 36 heavy (non-hydrogen) atoms. The van der Waals surface area contributed by atoms with Crippen molar-refractivity contribution in [2.75, 3.05) is 13.2 Å². The minimum atomic E-state index is -2.78. The molecule has 2 atom stereocenters. The van der Waals surface area contributed by atoms with Crippen molar-refractivity contribution in [3.63, 3.8) is 0 Å². The van der Waals surface area contributed by atoms with Gasteiger partial charge in [0.15, 0.2) is 11.5 Å². The monoisotopic (exact) mass is 513 g/mol. The molecule has 11 heteroatoms. The Morgan fingerprint density at radius 1 is 0.972 bits per heavy atom. The molecule has 2 radical (unpaired) electrons. The number of carboxylic acids is 2. The zero-order valence-corrected chi connectivity index (χ0v) is 24.4. The van der Waals surface area contributed by atoms with Crippen LogP contribution in [0, 0.1) is 0 Å². The van der Waals surface area contributed by atoms with Crippen LogP contribution in [-0.2, 0) is 16.0 Å². The third-order valence-corrected chi connectivity index (χ3v) is 5.50. The first-order valence-corrected chi connectivity index (χ1v) is 10.8. The fourth-order valence-electron chi connectivity index (χ4n) is 3.77. The van der Waals surface area contributed by atoms with Gasteiger partial charge in [-0.05, 0) is 42.5 Å². The molecule has 1 aliphatic rings. The van der Waals surface area contributed by atoms with E-state index in [1.54, 1.807) is 12.1 Å². The molecule has 0 saturated carbocycles. The molecule has 180 valence electrons. The first-order valence-electron chi connectivity index (χ1n) is 10.8. The number of benzene rings is 3. The van der Waals surface area contributed by atoms with Crippen molar-refractivity contribution in [1.82, 2.24) is 5.32 Å². The van der Waals surface area contributed by atoms with Crippen LogP contribution in [-0.4, -0.2) is 117 Å². The third kappa shape index (κ3) is 6.73. The van der Waals surface area contributed by atoms with Gasteiger partial charge in [0.05, 0.1) is 0 Å². The van der Waals surface area contributed by atoms with E-state index in [9.17, 15) is 24.9 Å². The van der Waals surface area contributed by atoms with Crippen molar-refractivity contribution in [2.45, 2.75) is 31.3 Å². The molecule has 3 aromatic rings. The van der Waals surface area contributed by atoms with Gasteiger partial charge in [-0.25, -0.2) is 9.59 Å². The van der Waals surface area contributed by atoms with E-state index in [0.29, 0.717) is 18.7 Å². The van der Waals surface area contributed by atoms with Crippen LogP contribution >= 0.6 is 0 Å². The number of nitrogens with one attached hydrogen (secondary N) is 1. The van der Waals surface area contributed by atoms with Gasteiger partial charge in [-0.3, -0.25) is 0 Å². The Bertz CT molecular complexity index is 1200. The fraction of sp³-hybridized carbons (Fsp3) is 0.280. The van der Waals surface area contributed by atoms with Crippen molar-refractivity contribution in [1.29, 1.82) is 0 Å². The van der Waals surface area contributed by atoms with Crippen LogP contribution in [0.3, 0.4) is 0 Å². The van der Waals surface area contributed by atoms with E-state index in [4.69, 9.17) is 14.2 Å². The maximum atomic E-state index is 11.4. The minimum Gasteiger partial charge on any atom is -0.490 e. The van der Waals surface area contributed by atoms with E-state index in [-0.39, 0.29) is 83.3 Å². The molecule has 1 aliphatic heterocycles. The summed E-state index contributed by atoms with van der Waals surface area (Å²) in [5, 5.41) is 34.1. The van der Waals surface area contributed by atoms with Gasteiger partial charge in [-0.2, -0.15) is 0 Å². The van der Waals surface area contributed by atoms with E-state index in [0.717, 1.165) is 16.3 Å². The number of carboxylic acid groups (broad SMARTS) is 2. The molecule has 9 nitrogen and oxygen atoms in total. The van der Waals surface area contributed by atoms with Crippen molar-refractivity contribution < 1.29 is 39.1 Å². The predicted molar refractivity (Wildman–Crippen MR) is 134 cm³/mol. The average Bonchev–Trinajstić information content (AvgIpc) is 3.22. The number of aliphatic hydroxyl groups excluding tert-OH is 1. The van der Waals surface area contributed by atoms with Crippen LogP contribution in [0.4, 0.5) is 0 Å². The topological polar surface area (TPSA) is 135 Å². The average molecular weight is 513 g/mol. The zero-order chi connectivity index (χ0) is 24.3. The summed E-state index contributed by atoms with van der Waals surface area (Å²) in [6.45, 7) is 2.36. The molecule has 3 aromatic carbocycles. The molecule has 4 rings (SSSR count). The molecule has 0 amide bonds. The molecule has 0 spiro atoms. The summed E-state index contributed by atoms with van der Waals surface area (Å²) in [4.78, 5) is 22.8. The van der Waals surface area contributed by atoms with Crippen LogP contribution in [0.1, 0.15) is 12.5 Å². The molecule has 4 N–H and O–H groups in total. The maximum absolute atomic E-state index is 11.4. The first-order chi connectivity index (χ1) is 16.3. The Labute approximate surface area is 252 Å². The molecular formula is C25H25NNa2O8. The predicted octanol–water partition coefficient (Wildman–Crippen LogP) is 1.68. The van der Waals surface area contributed by atoms with Crippen molar-refractivity contribution in [3.05, 3.63) is 66.2 Å². The molecule has 0 saturated heterocycles. The Kier molecular flexibility index (Phi) is 11.1. The number of fused-ring (bicyclic) bond motifs is 2. The largest absolute Gasteiger partial charge is 0.490 e. The molecular weight excluding hydrogens is 488 g/mol. The number of carbonyl (C=O) groups is 2. The molecule has 0 fully saturated rings. The quantitative estimate of drug-likeness (QED) is 0.236. The van der Waals surface area contributed by atoms with E-state index < -0.39 is 23.8 Å². The fourth-order valence-corrected chi connectivity index (χ4v) is 3.77. The third-order valence-electron chi connectivity index (χ3n) is 5.50. The normalized spacial score (nSPS) is 14.7. The number of ether oxygens (including phenoxy) is 3. The van der Waals surface area contributed by atoms with E-state index >= 15 is 0 Å². The first kappa shape index (κ1) is 30.4. The second-order valence-electron chi connectivity index (χ2n) is 8.17. The maximum Gasteiger partial charge on any atom is 0.453 e. The Morgan fingerprint density at radius 2 is 1.64 bits per heavy atom. The standard InChI is InChI=1S/C25H25NO8.2Na/c1-15(11-16-9-10-21-22(12-16)34-25(33-21,23(28)29)24(30)31)26-13-18(27)14-32-20-8-4-6-17-5-2-3-7-19(17)20;;/h2-10,12,15,18,26-27H,11,13-14H2,1H3,(H,28,29)(H,30,31);;. The summed E-state index contributed by atoms with van der Waals surface area (Å²) in [5.74, 6) is -5.45. The van der Waals surface area contributed by atoms with Crippen LogP contribution in [0.2, 0.25) is 0 Å². The zero-order valence-electron chi connectivity index (χ0n) is 20.4. The van der Waals surface area contributed by atoms with E-state index in [1.165, 1.54) is 6.07 Å². The summed E-state index contributed by atoms with van der Waals surface area (Å²) in [6, 6.07) is 18.4. The summed E-state index contributed by atoms with van der Waals surface area (Å²) in [5.41, 5.74) is 0.787. The van der Waals surface area contributed by atoms with Crippen molar-refractivity contribution in [3.8, 4) is 17.2 Å². The van der Waals surface area contributed by atoms with E-state index in [2.05, 4.69) is 5.32 Å². The van der Waals surface area contributed by atoms with Crippen molar-refractivity contribution >= 4 is 81.8 Å². The van der Waals surface area contributed by atoms with Gasteiger partial charge in [0.2, 0.25) is 0 Å². The smallest absolute Gasteiger partial charge is 0.453 e. The van der Waals surface area contributed by atoms with Gasteiger partial charge in [0.1, 0.15) is 18.5 Å². The summed E-state index contributed by atoms with van der Waals surface area (Å²) >= 11 is 0. The number of hydrogen-bond donors (Lipinski definition) is 4. The van der Waals surface area contributed by atoms with Gasteiger partial charge in [0.25, 0.3) is 0 Å². The number of rotatable bonds is 10. The van der Waals surface area contributed by atoms with Crippen molar-refractivity contribution in [2.24, 2.45) is 0 Å². The summed E-state index contributed by atoms with van der Waals surface area (Å²) in [6.07, 6.45) is -0.203. The van der Waals surface area contributed by atoms with Crippen LogP contribution in [0.25, 0.3) is 10.8 Å². The Hall–Kier alpha value is -1.82. The second kappa shape index (κ2) is 13.1. The molecule has 2 unspecified atom stereocenters. The Balaban J connectivity index is 0.00000228. The molecule has 0 bridgehead atoms. The van der Waals surface area contributed by atoms with Gasteiger partial charge >= 0.3 is 17.7 Å². The van der Waals surface area contributed by atoms with Gasteiger partial charge < -0.3 is 34.8 Å². The van der Waals surface area contributed by atoms with Gasteiger partial charge in [-0.15, -0.1) is 0 Å². The van der Waals surface area contributed by atoms with Gasteiger partial charge in [0, 0.05) is 77.1 Å². The SMILES string of the molecule is CC(Cc1ccc2c(c1)OC(C(=O)O)(C(=O)O)O2)NCC(O)COc1cccc2ccccc12.[Na].[Na]. The minimum absolute atomic E-state index is 0. The van der Waals surface area contributed by atoms with Gasteiger partial charge in [-0.1, -0.05) is 42.5 Å². The molecule has 0 aromatic heterocycles. The molecule has 0 aliphatic carbocycles.